The number of benzene rings is 3. The SMILES string of the molecule is O=C(ON=C1C(=O)N(Cc2ccc(Cl)cc2Cl)c2ccccc21)c1ccc(Cl)cc1Cl. The summed E-state index contributed by atoms with van der Waals surface area (Å²) in [5.74, 6) is -1.24. The number of amides is 1. The topological polar surface area (TPSA) is 59.0 Å². The number of hydrogen-bond donors (Lipinski definition) is 0. The number of carbonyl (C=O) groups is 2. The number of nitrogens with zero attached hydrogens (tertiary/aromatic N) is 2. The van der Waals surface area contributed by atoms with Gasteiger partial charge in [-0.15, -0.1) is 0 Å². The molecule has 0 saturated heterocycles. The van der Waals surface area contributed by atoms with E-state index in [1.54, 1.807) is 42.5 Å². The average Bonchev–Trinajstić information content (AvgIpc) is 2.99. The van der Waals surface area contributed by atoms with E-state index in [2.05, 4.69) is 5.16 Å². The maximum absolute atomic E-state index is 13.1. The van der Waals surface area contributed by atoms with Gasteiger partial charge < -0.3 is 9.74 Å². The van der Waals surface area contributed by atoms with Gasteiger partial charge >= 0.3 is 5.97 Å². The highest BCUT2D eigenvalue weighted by molar-refractivity contribution is 6.54. The molecule has 0 radical (unpaired) electrons. The number of anilines is 1. The monoisotopic (exact) mass is 492 g/mol. The van der Waals surface area contributed by atoms with E-state index in [0.29, 0.717) is 31.9 Å². The minimum absolute atomic E-state index is 0.000813. The number of carbonyl (C=O) groups excluding carboxylic acids is 2. The number of para-hydroxylation sites is 1. The zero-order chi connectivity index (χ0) is 22.1. The Bertz CT molecular complexity index is 1240. The van der Waals surface area contributed by atoms with Crippen LogP contribution in [-0.4, -0.2) is 17.6 Å². The van der Waals surface area contributed by atoms with Crippen molar-refractivity contribution >= 4 is 69.7 Å². The van der Waals surface area contributed by atoms with Crippen LogP contribution >= 0.6 is 46.4 Å². The fourth-order valence-electron chi connectivity index (χ4n) is 3.12. The molecular weight excluding hydrogens is 482 g/mol. The molecule has 0 atom stereocenters. The number of fused-ring (bicyclic) bond motifs is 1. The lowest BCUT2D eigenvalue weighted by molar-refractivity contribution is -0.112. The van der Waals surface area contributed by atoms with Crippen molar-refractivity contribution in [2.24, 2.45) is 5.16 Å². The molecular formula is C22H12Cl4N2O3. The van der Waals surface area contributed by atoms with Crippen LogP contribution < -0.4 is 4.90 Å². The third-order valence-electron chi connectivity index (χ3n) is 4.61. The number of oxime groups is 1. The molecule has 0 saturated carbocycles. The third-order valence-corrected chi connectivity index (χ3v) is 5.75. The average molecular weight is 494 g/mol. The second kappa shape index (κ2) is 8.89. The van der Waals surface area contributed by atoms with Crippen molar-refractivity contribution in [1.82, 2.24) is 0 Å². The molecule has 1 heterocycles. The molecule has 0 bridgehead atoms. The normalized spacial score (nSPS) is 14.1. The van der Waals surface area contributed by atoms with Gasteiger partial charge in [-0.3, -0.25) is 4.79 Å². The maximum Gasteiger partial charge on any atom is 0.367 e. The highest BCUT2D eigenvalue weighted by Crippen LogP contribution is 2.32. The Balaban J connectivity index is 1.63. The molecule has 9 heteroatoms. The van der Waals surface area contributed by atoms with Gasteiger partial charge in [0.05, 0.1) is 22.8 Å². The van der Waals surface area contributed by atoms with Gasteiger partial charge in [0.25, 0.3) is 5.91 Å². The second-order valence-electron chi connectivity index (χ2n) is 6.59. The van der Waals surface area contributed by atoms with Crippen LogP contribution in [0.2, 0.25) is 20.1 Å². The Morgan fingerprint density at radius 3 is 2.29 bits per heavy atom. The zero-order valence-electron chi connectivity index (χ0n) is 15.6. The van der Waals surface area contributed by atoms with Crippen LogP contribution in [-0.2, 0) is 16.2 Å². The van der Waals surface area contributed by atoms with E-state index in [-0.39, 0.29) is 22.8 Å². The lowest BCUT2D eigenvalue weighted by atomic mass is 10.1. The Hall–Kier alpha value is -2.57. The molecule has 3 aromatic rings. The van der Waals surface area contributed by atoms with Crippen molar-refractivity contribution in [2.45, 2.75) is 6.54 Å². The molecule has 4 rings (SSSR count). The molecule has 3 aromatic carbocycles. The van der Waals surface area contributed by atoms with E-state index in [4.69, 9.17) is 51.2 Å². The van der Waals surface area contributed by atoms with Crippen LogP contribution in [0.25, 0.3) is 0 Å². The number of rotatable bonds is 4. The first-order valence-electron chi connectivity index (χ1n) is 8.94. The first-order chi connectivity index (χ1) is 14.8. The molecule has 0 N–H and O–H groups in total. The van der Waals surface area contributed by atoms with Gasteiger partial charge in [0.2, 0.25) is 0 Å². The molecule has 0 spiro atoms. The van der Waals surface area contributed by atoms with E-state index in [1.807, 2.05) is 0 Å². The second-order valence-corrected chi connectivity index (χ2v) is 8.27. The summed E-state index contributed by atoms with van der Waals surface area (Å²) >= 11 is 24.1. The van der Waals surface area contributed by atoms with Crippen molar-refractivity contribution < 1.29 is 14.4 Å². The minimum atomic E-state index is -0.807. The Kier molecular flexibility index (Phi) is 6.21. The molecule has 156 valence electrons. The van der Waals surface area contributed by atoms with Gasteiger partial charge in [0.1, 0.15) is 0 Å². The highest BCUT2D eigenvalue weighted by atomic mass is 35.5. The molecule has 1 aliphatic rings. The van der Waals surface area contributed by atoms with E-state index >= 15 is 0 Å². The third kappa shape index (κ3) is 4.41. The molecule has 0 unspecified atom stereocenters. The Morgan fingerprint density at radius 1 is 0.903 bits per heavy atom. The van der Waals surface area contributed by atoms with Crippen LogP contribution in [0.15, 0.2) is 65.8 Å². The van der Waals surface area contributed by atoms with Gasteiger partial charge in [-0.2, -0.15) is 0 Å². The number of halogens is 4. The zero-order valence-corrected chi connectivity index (χ0v) is 18.6. The molecule has 0 aromatic heterocycles. The molecule has 31 heavy (non-hydrogen) atoms. The molecule has 0 fully saturated rings. The lowest BCUT2D eigenvalue weighted by Crippen LogP contribution is -2.30. The van der Waals surface area contributed by atoms with Crippen LogP contribution in [0.3, 0.4) is 0 Å². The van der Waals surface area contributed by atoms with Crippen molar-refractivity contribution in [3.05, 3.63) is 97.4 Å². The van der Waals surface area contributed by atoms with E-state index in [1.165, 1.54) is 23.1 Å². The van der Waals surface area contributed by atoms with Crippen molar-refractivity contribution in [1.29, 1.82) is 0 Å². The fraction of sp³-hybridized carbons (Fsp3) is 0.0455. The lowest BCUT2D eigenvalue weighted by Gasteiger charge is -2.17. The summed E-state index contributed by atoms with van der Waals surface area (Å²) in [6.07, 6.45) is 0. The van der Waals surface area contributed by atoms with Crippen molar-refractivity contribution in [3.63, 3.8) is 0 Å². The molecule has 1 aliphatic heterocycles. The van der Waals surface area contributed by atoms with Crippen LogP contribution in [0.4, 0.5) is 5.69 Å². The predicted octanol–water partition coefficient (Wildman–Crippen LogP) is 6.41. The minimum Gasteiger partial charge on any atom is -0.312 e. The van der Waals surface area contributed by atoms with Gasteiger partial charge in [0, 0.05) is 20.6 Å². The van der Waals surface area contributed by atoms with E-state index in [0.717, 1.165) is 0 Å². The van der Waals surface area contributed by atoms with E-state index in [9.17, 15) is 9.59 Å². The first-order valence-corrected chi connectivity index (χ1v) is 10.5. The van der Waals surface area contributed by atoms with Gasteiger partial charge in [0.15, 0.2) is 5.71 Å². The van der Waals surface area contributed by atoms with Gasteiger partial charge in [-0.25, -0.2) is 4.79 Å². The van der Waals surface area contributed by atoms with Crippen LogP contribution in [0.1, 0.15) is 21.5 Å². The van der Waals surface area contributed by atoms with Crippen LogP contribution in [0, 0.1) is 0 Å². The molecule has 5 nitrogen and oxygen atoms in total. The summed E-state index contributed by atoms with van der Waals surface area (Å²) in [4.78, 5) is 32.0. The number of hydrogen-bond acceptors (Lipinski definition) is 4. The summed E-state index contributed by atoms with van der Waals surface area (Å²) < 4.78 is 0. The highest BCUT2D eigenvalue weighted by Gasteiger charge is 2.35. The maximum atomic E-state index is 13.1. The van der Waals surface area contributed by atoms with Crippen LogP contribution in [0.5, 0.6) is 0 Å². The Labute approximate surface area is 197 Å². The van der Waals surface area contributed by atoms with Gasteiger partial charge in [-0.1, -0.05) is 75.8 Å². The van der Waals surface area contributed by atoms with Gasteiger partial charge in [-0.05, 0) is 42.0 Å². The van der Waals surface area contributed by atoms with Crippen molar-refractivity contribution in [2.75, 3.05) is 4.90 Å². The summed E-state index contributed by atoms with van der Waals surface area (Å²) in [5, 5.41) is 5.28. The fourth-order valence-corrected chi connectivity index (χ4v) is 4.07. The smallest absolute Gasteiger partial charge is 0.312 e. The molecule has 0 aliphatic carbocycles. The summed E-state index contributed by atoms with van der Waals surface area (Å²) in [7, 11) is 0. The predicted molar refractivity (Wildman–Crippen MR) is 123 cm³/mol. The Morgan fingerprint density at radius 2 is 1.58 bits per heavy atom. The standard InChI is InChI=1S/C22H12Cl4N2O3/c23-13-6-5-12(17(25)9-13)11-28-19-4-2-1-3-16(19)20(21(28)29)27-31-22(30)15-8-7-14(24)10-18(15)26/h1-10H,11H2. The summed E-state index contributed by atoms with van der Waals surface area (Å²) in [6.45, 7) is 0.196. The summed E-state index contributed by atoms with van der Waals surface area (Å²) in [5.41, 5.74) is 1.95. The van der Waals surface area contributed by atoms with E-state index < -0.39 is 11.9 Å². The molecule has 1 amide bonds. The summed E-state index contributed by atoms with van der Waals surface area (Å²) in [6, 6.07) is 16.5. The largest absolute Gasteiger partial charge is 0.367 e. The first kappa shape index (κ1) is 21.7. The van der Waals surface area contributed by atoms with Crippen molar-refractivity contribution in [3.8, 4) is 0 Å². The quantitative estimate of drug-likeness (QED) is 0.311.